The fourth-order valence-electron chi connectivity index (χ4n) is 2.28. The van der Waals surface area contributed by atoms with E-state index in [-0.39, 0.29) is 11.3 Å². The molecule has 0 unspecified atom stereocenters. The number of ketones is 1. The first kappa shape index (κ1) is 15.2. The van der Waals surface area contributed by atoms with Crippen LogP contribution in [0.25, 0.3) is 0 Å². The highest BCUT2D eigenvalue weighted by Gasteiger charge is 2.12. The van der Waals surface area contributed by atoms with Crippen molar-refractivity contribution in [2.45, 2.75) is 20.3 Å². The van der Waals surface area contributed by atoms with Gasteiger partial charge in [-0.3, -0.25) is 4.79 Å². The Morgan fingerprint density at radius 3 is 2.38 bits per heavy atom. The van der Waals surface area contributed by atoms with Crippen LogP contribution in [0.2, 0.25) is 0 Å². The Bertz CT molecular complexity index is 607. The Balaban J connectivity index is 2.02. The molecule has 0 saturated carbocycles. The Morgan fingerprint density at radius 1 is 1.10 bits per heavy atom. The van der Waals surface area contributed by atoms with Crippen LogP contribution in [0.3, 0.4) is 0 Å². The Labute approximate surface area is 125 Å². The van der Waals surface area contributed by atoms with Crippen LogP contribution < -0.4 is 4.90 Å². The van der Waals surface area contributed by atoms with Gasteiger partial charge < -0.3 is 4.90 Å². The van der Waals surface area contributed by atoms with E-state index >= 15 is 0 Å². The number of anilines is 1. The zero-order valence-electron chi connectivity index (χ0n) is 12.5. The van der Waals surface area contributed by atoms with Crippen molar-refractivity contribution < 1.29 is 9.18 Å². The maximum atomic E-state index is 13.6. The lowest BCUT2D eigenvalue weighted by Crippen LogP contribution is -2.26. The molecule has 110 valence electrons. The van der Waals surface area contributed by atoms with Gasteiger partial charge in [-0.2, -0.15) is 0 Å². The van der Waals surface area contributed by atoms with Gasteiger partial charge in [-0.05, 0) is 38.1 Å². The van der Waals surface area contributed by atoms with E-state index in [9.17, 15) is 9.18 Å². The molecule has 0 aromatic heterocycles. The molecule has 2 nitrogen and oxygen atoms in total. The lowest BCUT2D eigenvalue weighted by Gasteiger charge is -2.23. The molecule has 0 heterocycles. The van der Waals surface area contributed by atoms with E-state index in [4.69, 9.17) is 0 Å². The number of aryl methyl sites for hydroxylation is 1. The van der Waals surface area contributed by atoms with E-state index in [0.29, 0.717) is 13.0 Å². The van der Waals surface area contributed by atoms with Gasteiger partial charge in [0.15, 0.2) is 5.78 Å². The highest BCUT2D eigenvalue weighted by molar-refractivity contribution is 5.96. The third-order valence-electron chi connectivity index (χ3n) is 3.56. The molecule has 0 spiro atoms. The van der Waals surface area contributed by atoms with Crippen LogP contribution in [0.5, 0.6) is 0 Å². The van der Waals surface area contributed by atoms with Crippen molar-refractivity contribution in [2.75, 3.05) is 18.0 Å². The molecular formula is C18H20FNO. The summed E-state index contributed by atoms with van der Waals surface area (Å²) in [6.07, 6.45) is 0.308. The molecule has 0 aliphatic rings. The average molecular weight is 285 g/mol. The molecule has 0 N–H and O–H groups in total. The summed E-state index contributed by atoms with van der Waals surface area (Å²) in [5.41, 5.74) is 2.47. The van der Waals surface area contributed by atoms with E-state index in [2.05, 4.69) is 17.0 Å². The first-order valence-corrected chi connectivity index (χ1v) is 7.21. The van der Waals surface area contributed by atoms with Crippen molar-refractivity contribution in [3.63, 3.8) is 0 Å². The minimum Gasteiger partial charge on any atom is -0.371 e. The summed E-state index contributed by atoms with van der Waals surface area (Å²) >= 11 is 0. The zero-order chi connectivity index (χ0) is 15.2. The third kappa shape index (κ3) is 3.91. The quantitative estimate of drug-likeness (QED) is 0.740. The van der Waals surface area contributed by atoms with E-state index in [1.807, 2.05) is 26.0 Å². The predicted octanol–water partition coefficient (Wildman–Crippen LogP) is 4.23. The topological polar surface area (TPSA) is 20.3 Å². The molecule has 0 amide bonds. The molecule has 0 saturated heterocycles. The predicted molar refractivity (Wildman–Crippen MR) is 84.4 cm³/mol. The Hall–Kier alpha value is -2.16. The number of rotatable bonds is 6. The second-order valence-electron chi connectivity index (χ2n) is 5.07. The summed E-state index contributed by atoms with van der Waals surface area (Å²) in [7, 11) is 0. The van der Waals surface area contributed by atoms with Gasteiger partial charge in [0.2, 0.25) is 0 Å². The largest absolute Gasteiger partial charge is 0.371 e. The van der Waals surface area contributed by atoms with Gasteiger partial charge >= 0.3 is 0 Å². The van der Waals surface area contributed by atoms with Gasteiger partial charge in [-0.1, -0.05) is 29.8 Å². The van der Waals surface area contributed by atoms with Crippen molar-refractivity contribution in [1.29, 1.82) is 0 Å². The van der Waals surface area contributed by atoms with Gasteiger partial charge in [-0.25, -0.2) is 4.39 Å². The highest BCUT2D eigenvalue weighted by Crippen LogP contribution is 2.16. The molecule has 3 heteroatoms. The van der Waals surface area contributed by atoms with Crippen molar-refractivity contribution in [3.05, 3.63) is 65.5 Å². The molecule has 0 fully saturated rings. The van der Waals surface area contributed by atoms with Crippen molar-refractivity contribution in [3.8, 4) is 0 Å². The first-order chi connectivity index (χ1) is 10.1. The molecule has 0 bridgehead atoms. The SMILES string of the molecule is CCN(CCC(=O)c1ccccc1F)c1ccc(C)cc1. The standard InChI is InChI=1S/C18H20FNO/c1-3-20(15-10-8-14(2)9-11-15)13-12-18(21)16-6-4-5-7-17(16)19/h4-11H,3,12-13H2,1-2H3. The molecule has 21 heavy (non-hydrogen) atoms. The molecular weight excluding hydrogens is 265 g/mol. The van der Waals surface area contributed by atoms with Gasteiger partial charge in [-0.15, -0.1) is 0 Å². The van der Waals surface area contributed by atoms with Gasteiger partial charge in [0.25, 0.3) is 0 Å². The van der Waals surface area contributed by atoms with E-state index < -0.39 is 5.82 Å². The van der Waals surface area contributed by atoms with Gasteiger partial charge in [0, 0.05) is 25.2 Å². The zero-order valence-corrected chi connectivity index (χ0v) is 12.5. The van der Waals surface area contributed by atoms with Crippen molar-refractivity contribution in [2.24, 2.45) is 0 Å². The van der Waals surface area contributed by atoms with E-state index in [1.54, 1.807) is 18.2 Å². The highest BCUT2D eigenvalue weighted by atomic mass is 19.1. The van der Waals surface area contributed by atoms with E-state index in [1.165, 1.54) is 11.6 Å². The second-order valence-corrected chi connectivity index (χ2v) is 5.07. The Kier molecular flexibility index (Phi) is 5.09. The third-order valence-corrected chi connectivity index (χ3v) is 3.56. The van der Waals surface area contributed by atoms with Crippen LogP contribution in [-0.2, 0) is 0 Å². The average Bonchev–Trinajstić information content (AvgIpc) is 2.49. The monoisotopic (exact) mass is 285 g/mol. The number of carbonyl (C=O) groups excluding carboxylic acids is 1. The van der Waals surface area contributed by atoms with Crippen LogP contribution in [0.1, 0.15) is 29.3 Å². The smallest absolute Gasteiger partial charge is 0.167 e. The molecule has 2 rings (SSSR count). The number of Topliss-reactive ketones (excluding diaryl/α,β-unsaturated/α-hetero) is 1. The van der Waals surface area contributed by atoms with Crippen molar-refractivity contribution >= 4 is 11.5 Å². The van der Waals surface area contributed by atoms with Crippen LogP contribution in [-0.4, -0.2) is 18.9 Å². The summed E-state index contributed by atoms with van der Waals surface area (Å²) in [5, 5.41) is 0. The van der Waals surface area contributed by atoms with Gasteiger partial charge in [0.05, 0.1) is 5.56 Å². The summed E-state index contributed by atoms with van der Waals surface area (Å²) in [5.74, 6) is -0.598. The van der Waals surface area contributed by atoms with Gasteiger partial charge in [0.1, 0.15) is 5.82 Å². The fourth-order valence-corrected chi connectivity index (χ4v) is 2.28. The maximum absolute atomic E-state index is 13.6. The second kappa shape index (κ2) is 7.02. The fraction of sp³-hybridized carbons (Fsp3) is 0.278. The summed E-state index contributed by atoms with van der Waals surface area (Å²) in [6.45, 7) is 5.50. The molecule has 0 atom stereocenters. The number of benzene rings is 2. The number of hydrogen-bond donors (Lipinski definition) is 0. The van der Waals surface area contributed by atoms with Crippen LogP contribution in [0.4, 0.5) is 10.1 Å². The van der Waals surface area contributed by atoms with Crippen molar-refractivity contribution in [1.82, 2.24) is 0 Å². The van der Waals surface area contributed by atoms with Crippen LogP contribution in [0.15, 0.2) is 48.5 Å². The number of nitrogens with zero attached hydrogens (tertiary/aromatic N) is 1. The summed E-state index contributed by atoms with van der Waals surface area (Å²) < 4.78 is 13.6. The summed E-state index contributed by atoms with van der Waals surface area (Å²) in [4.78, 5) is 14.2. The minimum absolute atomic E-state index is 0.154. The molecule has 2 aromatic carbocycles. The minimum atomic E-state index is -0.444. The van der Waals surface area contributed by atoms with Crippen LogP contribution in [0, 0.1) is 12.7 Å². The summed E-state index contributed by atoms with van der Waals surface area (Å²) in [6, 6.07) is 14.3. The molecule has 0 aliphatic heterocycles. The van der Waals surface area contributed by atoms with Crippen LogP contribution >= 0.6 is 0 Å². The molecule has 0 radical (unpaired) electrons. The normalized spacial score (nSPS) is 10.4. The number of halogens is 1. The lowest BCUT2D eigenvalue weighted by atomic mass is 10.1. The molecule has 0 aliphatic carbocycles. The molecule has 2 aromatic rings. The maximum Gasteiger partial charge on any atom is 0.167 e. The Morgan fingerprint density at radius 2 is 1.76 bits per heavy atom. The first-order valence-electron chi connectivity index (χ1n) is 7.21. The van der Waals surface area contributed by atoms with E-state index in [0.717, 1.165) is 12.2 Å². The number of hydrogen-bond acceptors (Lipinski definition) is 2. The number of carbonyl (C=O) groups is 1. The lowest BCUT2D eigenvalue weighted by molar-refractivity contribution is 0.0981.